The highest BCUT2D eigenvalue weighted by Gasteiger charge is 2.51. The summed E-state index contributed by atoms with van der Waals surface area (Å²) < 4.78 is 34.1. The van der Waals surface area contributed by atoms with Crippen molar-refractivity contribution >= 4 is 91.7 Å². The number of hydroxylamine groups is 1. The van der Waals surface area contributed by atoms with Gasteiger partial charge in [0.15, 0.2) is 23.7 Å². The fourth-order valence-electron chi connectivity index (χ4n) is 12.1. The topological polar surface area (TPSA) is 241 Å². The molecular weight excluding hydrogens is 1330 g/mol. The van der Waals surface area contributed by atoms with Crippen molar-refractivity contribution in [2.24, 2.45) is 7.05 Å². The number of unbranched alkanes of at least 4 members (excludes halogenated alkanes) is 13. The number of ketones is 2. The molecule has 534 valence electrons. The number of benzene rings is 4. The van der Waals surface area contributed by atoms with Gasteiger partial charge >= 0.3 is 6.03 Å². The van der Waals surface area contributed by atoms with Crippen LogP contribution in [0, 0.1) is 27.7 Å². The van der Waals surface area contributed by atoms with Gasteiger partial charge in [-0.25, -0.2) is 38.0 Å². The molecular formula is C75H99Cl2N11O9S2. The Kier molecular flexibility index (Phi) is 31.0. The van der Waals surface area contributed by atoms with Gasteiger partial charge in [0.05, 0.1) is 44.2 Å². The van der Waals surface area contributed by atoms with E-state index in [-0.39, 0.29) is 45.9 Å². The Morgan fingerprint density at radius 1 is 0.667 bits per heavy atom. The first-order valence-corrected chi connectivity index (χ1v) is 38.0. The van der Waals surface area contributed by atoms with E-state index in [2.05, 4.69) is 44.8 Å². The van der Waals surface area contributed by atoms with Crippen molar-refractivity contribution in [3.63, 3.8) is 0 Å². The largest absolute Gasteiger partial charge is 0.349 e. The molecule has 0 radical (unpaired) electrons. The standard InChI is InChI=1S/C46H68ClN7O5S2.C29H31ClN4O4/c1-6-9-12-14-15-16-17-18-19-23-29-49-59-33-38-35(4)53(5)42(36-25-21-20-22-26-36)41(38)44(55)43(54-34-48-46(52-54)60-31-24-13-10-7-2)45(56)51-40-32-37(27-28-39(40)47)61(57,58)50-30-11-8-3;1-6-32-18(3)15-22(19(32)4)26(35)25(27(36)31-24-14-17(2)12-13-23(24)30)34-28(37)20(5)33(29(34)38)16-21-10-8-7-9-11-21/h20-22,25-28,32,34,43,49-50H,6-19,23-24,29-31,33H2,1-5H3,(H,51,56);7-15,20,25H,6,16H2,1-5H3,(H,31,36). The summed E-state index contributed by atoms with van der Waals surface area (Å²) in [6.07, 6.45) is 19.6. The second kappa shape index (κ2) is 39.0. The number of imide groups is 1. The number of amides is 5. The number of sulfonamides is 1. The number of aromatic nitrogens is 5. The monoisotopic (exact) mass is 1430 g/mol. The number of Topliss-reactive ketones (excluding diaryl/α,β-unsaturated/α-hetero) is 2. The molecule has 7 aromatic rings. The minimum absolute atomic E-state index is 0.0423. The Labute approximate surface area is 599 Å². The first-order valence-electron chi connectivity index (χ1n) is 34.8. The molecule has 20 nitrogen and oxygen atoms in total. The number of aryl methyl sites for hydroxylation is 2. The third-order valence-corrected chi connectivity index (χ3v) is 20.9. The van der Waals surface area contributed by atoms with E-state index in [1.165, 1.54) is 97.2 Å². The summed E-state index contributed by atoms with van der Waals surface area (Å²) >= 11 is 14.4. The number of nitrogens with zero attached hydrogens (tertiary/aromatic N) is 7. The molecule has 1 aliphatic heterocycles. The zero-order valence-corrected chi connectivity index (χ0v) is 62.2. The lowest BCUT2D eigenvalue weighted by atomic mass is 9.96. The summed E-state index contributed by atoms with van der Waals surface area (Å²) in [4.78, 5) is 97.5. The number of rotatable bonds is 39. The third kappa shape index (κ3) is 21.1. The molecule has 4 N–H and O–H groups in total. The van der Waals surface area contributed by atoms with Gasteiger partial charge in [-0.2, -0.15) is 0 Å². The summed E-state index contributed by atoms with van der Waals surface area (Å²) in [6, 6.07) is 24.9. The van der Waals surface area contributed by atoms with Crippen LogP contribution in [0.2, 0.25) is 10.0 Å². The molecule has 1 saturated heterocycles. The van der Waals surface area contributed by atoms with Gasteiger partial charge in [0.2, 0.25) is 15.2 Å². The Morgan fingerprint density at radius 2 is 1.25 bits per heavy atom. The van der Waals surface area contributed by atoms with Crippen LogP contribution in [0.4, 0.5) is 16.2 Å². The number of hydrogen-bond donors (Lipinski definition) is 4. The van der Waals surface area contributed by atoms with Crippen molar-refractivity contribution in [2.75, 3.05) is 29.5 Å². The Hall–Kier alpha value is -7.44. The summed E-state index contributed by atoms with van der Waals surface area (Å²) in [7, 11) is -2.00. The molecule has 1 fully saturated rings. The average Bonchev–Trinajstić information content (AvgIpc) is 1.63. The molecule has 4 aromatic carbocycles. The fraction of sp³-hybridized carbons (Fsp3) is 0.467. The van der Waals surface area contributed by atoms with Crippen molar-refractivity contribution in [1.29, 1.82) is 0 Å². The molecule has 1 aliphatic rings. The SMILES string of the molecule is CCCCCCCCCCCCNOCc1c(C(=O)C(C(=O)Nc2cc(S(=O)(=O)NCCCC)ccc2Cl)n2cnc(SCCCCCC)n2)c(-c2ccccc2)n(C)c1C.CCn1c(C)cc(C(=O)C(C(=O)Nc2cc(C)ccc2Cl)N2C(=O)C(C)N(Cc3ccccc3)C2=O)c1C. The summed E-state index contributed by atoms with van der Waals surface area (Å²) in [5.41, 5.74) is 10.1. The molecule has 0 saturated carbocycles. The molecule has 3 aromatic heterocycles. The molecule has 0 bridgehead atoms. The third-order valence-electron chi connectivity index (χ3n) is 17.9. The van der Waals surface area contributed by atoms with Crippen molar-refractivity contribution < 1.29 is 42.0 Å². The number of urea groups is 1. The van der Waals surface area contributed by atoms with Crippen molar-refractivity contribution in [3.8, 4) is 11.3 Å². The molecule has 5 amide bonds. The minimum Gasteiger partial charge on any atom is -0.349 e. The normalized spacial score (nSPS) is 13.8. The molecule has 24 heteroatoms. The van der Waals surface area contributed by atoms with E-state index in [0.717, 1.165) is 83.7 Å². The van der Waals surface area contributed by atoms with E-state index >= 15 is 4.79 Å². The van der Waals surface area contributed by atoms with E-state index in [1.54, 1.807) is 38.1 Å². The van der Waals surface area contributed by atoms with Crippen molar-refractivity contribution in [2.45, 2.75) is 213 Å². The van der Waals surface area contributed by atoms with Crippen LogP contribution in [0.5, 0.6) is 0 Å². The molecule has 4 heterocycles. The van der Waals surface area contributed by atoms with E-state index in [4.69, 9.17) is 28.0 Å². The molecule has 0 aliphatic carbocycles. The Morgan fingerprint density at radius 3 is 1.88 bits per heavy atom. The molecule has 99 heavy (non-hydrogen) atoms. The summed E-state index contributed by atoms with van der Waals surface area (Å²) in [5.74, 6) is -2.54. The fourth-order valence-corrected chi connectivity index (χ4v) is 14.4. The van der Waals surface area contributed by atoms with Crippen LogP contribution in [0.15, 0.2) is 120 Å². The number of carbonyl (C=O) groups excluding carboxylic acids is 6. The van der Waals surface area contributed by atoms with Crippen LogP contribution in [0.3, 0.4) is 0 Å². The molecule has 0 spiro atoms. The van der Waals surface area contributed by atoms with Gasteiger partial charge in [0.25, 0.3) is 17.7 Å². The zero-order valence-electron chi connectivity index (χ0n) is 59.1. The number of anilines is 2. The maximum absolute atomic E-state index is 15.3. The first-order chi connectivity index (χ1) is 47.6. The average molecular weight is 1430 g/mol. The van der Waals surface area contributed by atoms with Gasteiger partial charge in [-0.3, -0.25) is 28.8 Å². The molecule has 8 rings (SSSR count). The lowest BCUT2D eigenvalue weighted by molar-refractivity contribution is -0.133. The maximum atomic E-state index is 15.3. The second-order valence-electron chi connectivity index (χ2n) is 25.2. The molecule has 3 unspecified atom stereocenters. The number of carbonyl (C=O) groups is 6. The zero-order chi connectivity index (χ0) is 71.8. The van der Waals surface area contributed by atoms with E-state index in [1.807, 2.05) is 111 Å². The van der Waals surface area contributed by atoms with Crippen molar-refractivity contribution in [3.05, 3.63) is 164 Å². The Bertz CT molecular complexity index is 3970. The first kappa shape index (κ1) is 78.9. The van der Waals surface area contributed by atoms with Crippen molar-refractivity contribution in [1.82, 2.24) is 43.9 Å². The lowest BCUT2D eigenvalue weighted by Gasteiger charge is -2.25. The summed E-state index contributed by atoms with van der Waals surface area (Å²) in [5, 5.41) is 11.0. The molecule has 3 atom stereocenters. The number of halogens is 2. The summed E-state index contributed by atoms with van der Waals surface area (Å²) in [6.45, 7) is 19.2. The van der Waals surface area contributed by atoms with E-state index in [9.17, 15) is 32.4 Å². The van der Waals surface area contributed by atoms with Gasteiger partial charge < -0.3 is 24.7 Å². The number of nitrogens with one attached hydrogen (secondary N) is 4. The van der Waals surface area contributed by atoms with Gasteiger partial charge in [-0.05, 0) is 114 Å². The second-order valence-corrected chi connectivity index (χ2v) is 28.8. The van der Waals surface area contributed by atoms with Crippen LogP contribution < -0.4 is 20.8 Å². The highest BCUT2D eigenvalue weighted by Crippen LogP contribution is 2.36. The van der Waals surface area contributed by atoms with E-state index in [0.29, 0.717) is 52.9 Å². The van der Waals surface area contributed by atoms with Crippen LogP contribution in [0.1, 0.15) is 198 Å². The highest BCUT2D eigenvalue weighted by atomic mass is 35.5. The number of hydrogen-bond acceptors (Lipinski definition) is 13. The maximum Gasteiger partial charge on any atom is 0.328 e. The lowest BCUT2D eigenvalue weighted by Crippen LogP contribution is -2.52. The van der Waals surface area contributed by atoms with Gasteiger partial charge in [-0.15, -0.1) is 5.10 Å². The highest BCUT2D eigenvalue weighted by molar-refractivity contribution is 7.99. The predicted molar refractivity (Wildman–Crippen MR) is 395 cm³/mol. The van der Waals surface area contributed by atoms with Gasteiger partial charge in [-0.1, -0.05) is 206 Å². The predicted octanol–water partition coefficient (Wildman–Crippen LogP) is 16.1. The van der Waals surface area contributed by atoms with Crippen LogP contribution in [-0.2, 0) is 56.0 Å². The minimum atomic E-state index is -3.90. The Balaban J connectivity index is 0.000000309. The quantitative estimate of drug-likeness (QED) is 0.00701. The smallest absolute Gasteiger partial charge is 0.328 e. The van der Waals surface area contributed by atoms with Gasteiger partial charge in [0.1, 0.15) is 12.4 Å². The number of thioether (sulfide) groups is 1. The van der Waals surface area contributed by atoms with Crippen LogP contribution in [-0.4, -0.2) is 108 Å². The van der Waals surface area contributed by atoms with Gasteiger partial charge in [0, 0.05) is 67.2 Å². The van der Waals surface area contributed by atoms with Crippen LogP contribution in [0.25, 0.3) is 11.3 Å². The van der Waals surface area contributed by atoms with E-state index < -0.39 is 63.5 Å². The van der Waals surface area contributed by atoms with Crippen LogP contribution >= 0.6 is 35.0 Å².